The number of carbonyl (C=O) groups is 2. The van der Waals surface area contributed by atoms with Gasteiger partial charge in [-0.3, -0.25) is 4.79 Å². The predicted octanol–water partition coefficient (Wildman–Crippen LogP) is 2.59. The van der Waals surface area contributed by atoms with Gasteiger partial charge in [0.2, 0.25) is 5.91 Å². The van der Waals surface area contributed by atoms with Crippen LogP contribution in [0.15, 0.2) is 42.5 Å². The number of nitrogens with zero attached hydrogens (tertiary/aromatic N) is 1. The van der Waals surface area contributed by atoms with Crippen LogP contribution in [0.25, 0.3) is 0 Å². The maximum atomic E-state index is 11.9. The van der Waals surface area contributed by atoms with Crippen LogP contribution in [0.3, 0.4) is 0 Å². The van der Waals surface area contributed by atoms with Crippen LogP contribution in [0.5, 0.6) is 5.75 Å². The smallest absolute Gasteiger partial charge is 0.337 e. The summed E-state index contributed by atoms with van der Waals surface area (Å²) in [6, 6.07) is 12.7. The van der Waals surface area contributed by atoms with E-state index in [0.29, 0.717) is 30.1 Å². The Morgan fingerprint density at radius 2 is 1.78 bits per heavy atom. The van der Waals surface area contributed by atoms with Gasteiger partial charge in [-0.2, -0.15) is 0 Å². The average molecular weight is 371 g/mol. The number of hydrogen-bond donors (Lipinski definition) is 2. The van der Waals surface area contributed by atoms with Crippen LogP contribution in [0.1, 0.15) is 15.9 Å². The Balaban J connectivity index is 2.07. The van der Waals surface area contributed by atoms with E-state index in [1.165, 1.54) is 7.11 Å². The number of rotatable bonds is 8. The number of hydrogen-bond acceptors (Lipinski definition) is 6. The molecule has 2 N–H and O–H groups in total. The molecule has 2 aromatic rings. The number of likely N-dealkylation sites (N-methyl/N-ethyl adjacent to an activating group) is 1. The summed E-state index contributed by atoms with van der Waals surface area (Å²) in [5.41, 5.74) is 2.86. The highest BCUT2D eigenvalue weighted by molar-refractivity contribution is 5.92. The normalized spacial score (nSPS) is 10.4. The Morgan fingerprint density at radius 1 is 1.04 bits per heavy atom. The molecule has 7 nitrogen and oxygen atoms in total. The molecule has 0 spiro atoms. The molecule has 2 aromatic carbocycles. The monoisotopic (exact) mass is 371 g/mol. The van der Waals surface area contributed by atoms with Gasteiger partial charge in [0.05, 0.1) is 26.3 Å². The molecule has 27 heavy (non-hydrogen) atoms. The number of anilines is 2. The predicted molar refractivity (Wildman–Crippen MR) is 105 cm³/mol. The van der Waals surface area contributed by atoms with E-state index < -0.39 is 5.97 Å². The molecule has 2 rings (SSSR count). The van der Waals surface area contributed by atoms with Gasteiger partial charge < -0.3 is 25.0 Å². The summed E-state index contributed by atoms with van der Waals surface area (Å²) in [4.78, 5) is 25.5. The molecule has 7 heteroatoms. The van der Waals surface area contributed by atoms with Gasteiger partial charge in [0.15, 0.2) is 0 Å². The number of methoxy groups -OCH3 is 2. The second-order valence-electron chi connectivity index (χ2n) is 6.28. The van der Waals surface area contributed by atoms with E-state index in [4.69, 9.17) is 9.47 Å². The van der Waals surface area contributed by atoms with Gasteiger partial charge in [-0.05, 0) is 56.1 Å². The molecular weight excluding hydrogens is 346 g/mol. The first kappa shape index (κ1) is 20.3. The summed E-state index contributed by atoms with van der Waals surface area (Å²) >= 11 is 0. The van der Waals surface area contributed by atoms with Crippen molar-refractivity contribution >= 4 is 23.3 Å². The highest BCUT2D eigenvalue weighted by Crippen LogP contribution is 2.20. The van der Waals surface area contributed by atoms with Crippen LogP contribution in [0.2, 0.25) is 0 Å². The Hall–Kier alpha value is -3.06. The molecule has 1 amide bonds. The maximum Gasteiger partial charge on any atom is 0.337 e. The fourth-order valence-electron chi connectivity index (χ4n) is 2.52. The van der Waals surface area contributed by atoms with Gasteiger partial charge in [0, 0.05) is 17.9 Å². The van der Waals surface area contributed by atoms with E-state index in [9.17, 15) is 9.59 Å². The molecule has 0 aliphatic carbocycles. The third kappa shape index (κ3) is 6.31. The number of ether oxygens (including phenoxy) is 2. The van der Waals surface area contributed by atoms with Gasteiger partial charge in [0.25, 0.3) is 0 Å². The van der Waals surface area contributed by atoms with Crippen molar-refractivity contribution in [1.82, 2.24) is 4.90 Å². The lowest BCUT2D eigenvalue weighted by molar-refractivity contribution is -0.116. The second-order valence-corrected chi connectivity index (χ2v) is 6.28. The Morgan fingerprint density at radius 3 is 2.44 bits per heavy atom. The number of amides is 1. The quantitative estimate of drug-likeness (QED) is 0.695. The summed E-state index contributed by atoms with van der Waals surface area (Å²) in [5.74, 6) is 0.0906. The molecule has 0 fully saturated rings. The van der Waals surface area contributed by atoms with Crippen molar-refractivity contribution in [2.45, 2.75) is 6.54 Å². The van der Waals surface area contributed by atoms with Crippen molar-refractivity contribution < 1.29 is 19.1 Å². The Bertz CT molecular complexity index is 806. The van der Waals surface area contributed by atoms with Crippen molar-refractivity contribution in [3.05, 3.63) is 53.6 Å². The zero-order chi connectivity index (χ0) is 19.8. The first-order chi connectivity index (χ1) is 12.9. The molecule has 144 valence electrons. The van der Waals surface area contributed by atoms with Crippen LogP contribution in [0.4, 0.5) is 11.4 Å². The molecule has 0 saturated heterocycles. The third-order valence-corrected chi connectivity index (χ3v) is 3.73. The van der Waals surface area contributed by atoms with Gasteiger partial charge >= 0.3 is 5.97 Å². The van der Waals surface area contributed by atoms with E-state index >= 15 is 0 Å². The number of carbonyl (C=O) groups excluding carboxylic acids is 2. The lowest BCUT2D eigenvalue weighted by Gasteiger charge is -2.13. The van der Waals surface area contributed by atoms with Crippen molar-refractivity contribution in [3.63, 3.8) is 0 Å². The summed E-state index contributed by atoms with van der Waals surface area (Å²) in [6.45, 7) is 0.800. The van der Waals surface area contributed by atoms with Gasteiger partial charge in [0.1, 0.15) is 5.75 Å². The molecule has 0 aliphatic heterocycles. The summed E-state index contributed by atoms with van der Waals surface area (Å²) in [7, 11) is 6.58. The van der Waals surface area contributed by atoms with Crippen LogP contribution < -0.4 is 15.4 Å². The van der Waals surface area contributed by atoms with Crippen LogP contribution in [0, 0.1) is 0 Å². The minimum absolute atomic E-state index is 0.0762. The highest BCUT2D eigenvalue weighted by atomic mass is 16.5. The van der Waals surface area contributed by atoms with Crippen LogP contribution in [-0.2, 0) is 16.1 Å². The minimum Gasteiger partial charge on any atom is -0.497 e. The van der Waals surface area contributed by atoms with Crippen molar-refractivity contribution in [2.75, 3.05) is 45.5 Å². The van der Waals surface area contributed by atoms with Gasteiger partial charge in [-0.25, -0.2) is 4.79 Å². The van der Waals surface area contributed by atoms with Crippen molar-refractivity contribution in [2.24, 2.45) is 0 Å². The number of benzene rings is 2. The Labute approximate surface area is 159 Å². The molecule has 0 saturated carbocycles. The molecule has 0 aromatic heterocycles. The first-order valence-electron chi connectivity index (χ1n) is 8.46. The summed E-state index contributed by atoms with van der Waals surface area (Å²) < 4.78 is 10.0. The minimum atomic E-state index is -0.416. The summed E-state index contributed by atoms with van der Waals surface area (Å²) in [6.07, 6.45) is 0. The second kappa shape index (κ2) is 9.59. The SMILES string of the molecule is COC(=O)c1cc(CNc2cccc(NC(=O)CN(C)C)c2)cc(OC)c1. The van der Waals surface area contributed by atoms with E-state index in [1.807, 2.05) is 44.4 Å². The zero-order valence-corrected chi connectivity index (χ0v) is 16.0. The molecule has 0 heterocycles. The van der Waals surface area contributed by atoms with E-state index in [2.05, 4.69) is 10.6 Å². The fraction of sp³-hybridized carbons (Fsp3) is 0.300. The van der Waals surface area contributed by atoms with E-state index in [0.717, 1.165) is 11.3 Å². The largest absolute Gasteiger partial charge is 0.497 e. The number of nitrogens with one attached hydrogen (secondary N) is 2. The van der Waals surface area contributed by atoms with Crippen molar-refractivity contribution in [1.29, 1.82) is 0 Å². The standard InChI is InChI=1S/C20H25N3O4/c1-23(2)13-19(24)22-17-7-5-6-16(11-17)21-12-14-8-15(20(25)27-4)10-18(9-14)26-3/h5-11,21H,12-13H2,1-4H3,(H,22,24). The first-order valence-corrected chi connectivity index (χ1v) is 8.46. The zero-order valence-electron chi connectivity index (χ0n) is 16.0. The fourth-order valence-corrected chi connectivity index (χ4v) is 2.52. The lowest BCUT2D eigenvalue weighted by Crippen LogP contribution is -2.27. The van der Waals surface area contributed by atoms with Gasteiger partial charge in [-0.15, -0.1) is 0 Å². The topological polar surface area (TPSA) is 79.9 Å². The summed E-state index contributed by atoms with van der Waals surface area (Å²) in [5, 5.41) is 6.14. The molecule has 0 radical (unpaired) electrons. The lowest BCUT2D eigenvalue weighted by atomic mass is 10.1. The molecule has 0 bridgehead atoms. The molecule has 0 atom stereocenters. The average Bonchev–Trinajstić information content (AvgIpc) is 2.65. The number of esters is 1. The Kier molecular flexibility index (Phi) is 7.19. The van der Waals surface area contributed by atoms with E-state index in [1.54, 1.807) is 24.1 Å². The third-order valence-electron chi connectivity index (χ3n) is 3.73. The van der Waals surface area contributed by atoms with Gasteiger partial charge in [-0.1, -0.05) is 6.07 Å². The molecule has 0 aliphatic rings. The maximum absolute atomic E-state index is 11.9. The van der Waals surface area contributed by atoms with Crippen LogP contribution in [-0.4, -0.2) is 51.6 Å². The molecular formula is C20H25N3O4. The highest BCUT2D eigenvalue weighted by Gasteiger charge is 2.10. The van der Waals surface area contributed by atoms with Crippen molar-refractivity contribution in [3.8, 4) is 5.75 Å². The molecule has 0 unspecified atom stereocenters. The van der Waals surface area contributed by atoms with Crippen LogP contribution >= 0.6 is 0 Å². The van der Waals surface area contributed by atoms with E-state index in [-0.39, 0.29) is 5.91 Å².